The van der Waals surface area contributed by atoms with Gasteiger partial charge in [-0.1, -0.05) is 17.7 Å². The summed E-state index contributed by atoms with van der Waals surface area (Å²) in [5.74, 6) is 0. The van der Waals surface area contributed by atoms with Gasteiger partial charge in [0.05, 0.1) is 28.9 Å². The monoisotopic (exact) mass is 236 g/mol. The van der Waals surface area contributed by atoms with Crippen LogP contribution in [-0.4, -0.2) is 7.05 Å². The summed E-state index contributed by atoms with van der Waals surface area (Å²) in [6.45, 7) is 0.713. The first-order valence-electron chi connectivity index (χ1n) is 4.94. The molecule has 0 unspecified atom stereocenters. The van der Waals surface area contributed by atoms with E-state index in [4.69, 9.17) is 21.8 Å². The Kier molecular flexibility index (Phi) is 3.06. The molecule has 0 spiro atoms. The van der Waals surface area contributed by atoms with Gasteiger partial charge in [-0.25, -0.2) is 0 Å². The fourth-order valence-electron chi connectivity index (χ4n) is 1.67. The number of nitrogens with zero attached hydrogens (tertiary/aromatic N) is 1. The maximum Gasteiger partial charge on any atom is 0.0952 e. The van der Waals surface area contributed by atoms with Crippen LogP contribution >= 0.6 is 11.6 Å². The smallest absolute Gasteiger partial charge is 0.0952 e. The van der Waals surface area contributed by atoms with E-state index >= 15 is 0 Å². The van der Waals surface area contributed by atoms with Crippen LogP contribution in [0.4, 0.5) is 11.4 Å². The predicted molar refractivity (Wildman–Crippen MR) is 66.7 cm³/mol. The first-order chi connectivity index (χ1) is 7.68. The van der Waals surface area contributed by atoms with Crippen LogP contribution in [-0.2, 0) is 6.54 Å². The molecule has 0 atom stereocenters. The fourth-order valence-corrected chi connectivity index (χ4v) is 2.00. The average molecular weight is 237 g/mol. The zero-order valence-electron chi connectivity index (χ0n) is 8.98. The van der Waals surface area contributed by atoms with E-state index < -0.39 is 0 Å². The maximum atomic E-state index is 6.12. The molecule has 0 radical (unpaired) electrons. The molecule has 3 nitrogen and oxygen atoms in total. The van der Waals surface area contributed by atoms with Crippen molar-refractivity contribution in [1.82, 2.24) is 0 Å². The minimum atomic E-state index is 0.658. The Morgan fingerprint density at radius 2 is 2.19 bits per heavy atom. The molecule has 1 aromatic carbocycles. The van der Waals surface area contributed by atoms with Gasteiger partial charge < -0.3 is 15.1 Å². The van der Waals surface area contributed by atoms with E-state index in [0.717, 1.165) is 11.3 Å². The number of furan rings is 1. The number of para-hydroxylation sites is 1. The molecular formula is C12H13ClN2O. The van der Waals surface area contributed by atoms with Gasteiger partial charge in [0.25, 0.3) is 0 Å². The van der Waals surface area contributed by atoms with E-state index in [0.29, 0.717) is 17.3 Å². The highest BCUT2D eigenvalue weighted by molar-refractivity contribution is 6.33. The predicted octanol–water partition coefficient (Wildman–Crippen LogP) is 3.15. The number of anilines is 2. The van der Waals surface area contributed by atoms with Crippen molar-refractivity contribution < 1.29 is 4.42 Å². The van der Waals surface area contributed by atoms with Crippen LogP contribution in [0.15, 0.2) is 41.2 Å². The van der Waals surface area contributed by atoms with Crippen LogP contribution in [0.3, 0.4) is 0 Å². The summed E-state index contributed by atoms with van der Waals surface area (Å²) in [4.78, 5) is 2.00. The molecule has 1 aromatic heterocycles. The van der Waals surface area contributed by atoms with E-state index in [2.05, 4.69) is 0 Å². The second-order valence-electron chi connectivity index (χ2n) is 3.67. The van der Waals surface area contributed by atoms with Crippen LogP contribution in [0.5, 0.6) is 0 Å². The summed E-state index contributed by atoms with van der Waals surface area (Å²) >= 11 is 6.12. The minimum absolute atomic E-state index is 0.658. The molecule has 2 aromatic rings. The van der Waals surface area contributed by atoms with Crippen molar-refractivity contribution in [2.45, 2.75) is 6.54 Å². The summed E-state index contributed by atoms with van der Waals surface area (Å²) in [5, 5.41) is 0.658. The van der Waals surface area contributed by atoms with Gasteiger partial charge in [0, 0.05) is 19.2 Å². The van der Waals surface area contributed by atoms with Crippen molar-refractivity contribution >= 4 is 23.0 Å². The molecule has 0 aliphatic heterocycles. The van der Waals surface area contributed by atoms with Gasteiger partial charge in [0.15, 0.2) is 0 Å². The molecule has 84 valence electrons. The standard InChI is InChI=1S/C12H13ClN2O/c1-15(7-9-5-6-16-8-9)12-10(13)3-2-4-11(12)14/h2-6,8H,7,14H2,1H3. The first kappa shape index (κ1) is 10.9. The number of hydrogen-bond acceptors (Lipinski definition) is 3. The van der Waals surface area contributed by atoms with Gasteiger partial charge in [-0.3, -0.25) is 0 Å². The van der Waals surface area contributed by atoms with E-state index in [1.807, 2.05) is 36.2 Å². The van der Waals surface area contributed by atoms with Gasteiger partial charge in [-0.05, 0) is 18.2 Å². The lowest BCUT2D eigenvalue weighted by Crippen LogP contribution is -2.17. The Bertz CT molecular complexity index is 448. The van der Waals surface area contributed by atoms with Gasteiger partial charge in [-0.2, -0.15) is 0 Å². The Morgan fingerprint density at radius 1 is 1.38 bits per heavy atom. The van der Waals surface area contributed by atoms with E-state index in [9.17, 15) is 0 Å². The molecule has 0 saturated heterocycles. The van der Waals surface area contributed by atoms with Crippen LogP contribution in [0.2, 0.25) is 5.02 Å². The number of halogens is 1. The molecule has 2 rings (SSSR count). The summed E-state index contributed by atoms with van der Waals surface area (Å²) < 4.78 is 5.02. The highest BCUT2D eigenvalue weighted by Crippen LogP contribution is 2.31. The second kappa shape index (κ2) is 4.49. The van der Waals surface area contributed by atoms with E-state index in [1.165, 1.54) is 0 Å². The zero-order chi connectivity index (χ0) is 11.5. The third-order valence-electron chi connectivity index (χ3n) is 2.40. The Hall–Kier alpha value is -1.61. The molecule has 1 heterocycles. The van der Waals surface area contributed by atoms with Crippen molar-refractivity contribution in [3.05, 3.63) is 47.4 Å². The summed E-state index contributed by atoms with van der Waals surface area (Å²) in [7, 11) is 1.95. The topological polar surface area (TPSA) is 42.4 Å². The molecule has 0 bridgehead atoms. The third-order valence-corrected chi connectivity index (χ3v) is 2.70. The summed E-state index contributed by atoms with van der Waals surface area (Å²) in [6, 6.07) is 7.43. The number of rotatable bonds is 3. The van der Waals surface area contributed by atoms with Crippen molar-refractivity contribution in [2.24, 2.45) is 0 Å². The molecule has 0 saturated carbocycles. The lowest BCUT2D eigenvalue weighted by Gasteiger charge is -2.21. The average Bonchev–Trinajstić information content (AvgIpc) is 2.70. The first-order valence-corrected chi connectivity index (χ1v) is 5.32. The summed E-state index contributed by atoms with van der Waals surface area (Å²) in [5.41, 5.74) is 8.52. The zero-order valence-corrected chi connectivity index (χ0v) is 9.74. The van der Waals surface area contributed by atoms with E-state index in [-0.39, 0.29) is 0 Å². The number of nitrogen functional groups attached to an aromatic ring is 1. The largest absolute Gasteiger partial charge is 0.472 e. The Labute approximate surface area is 99.4 Å². The van der Waals surface area contributed by atoms with Gasteiger partial charge in [0.1, 0.15) is 0 Å². The van der Waals surface area contributed by atoms with Gasteiger partial charge in [-0.15, -0.1) is 0 Å². The number of hydrogen-bond donors (Lipinski definition) is 1. The molecule has 0 amide bonds. The van der Waals surface area contributed by atoms with Gasteiger partial charge >= 0.3 is 0 Å². The molecular weight excluding hydrogens is 224 g/mol. The van der Waals surface area contributed by atoms with Crippen LogP contribution in [0, 0.1) is 0 Å². The van der Waals surface area contributed by atoms with Crippen molar-refractivity contribution in [3.63, 3.8) is 0 Å². The second-order valence-corrected chi connectivity index (χ2v) is 4.07. The van der Waals surface area contributed by atoms with Gasteiger partial charge in [0.2, 0.25) is 0 Å². The molecule has 0 fully saturated rings. The highest BCUT2D eigenvalue weighted by Gasteiger charge is 2.10. The van der Waals surface area contributed by atoms with Crippen molar-refractivity contribution in [3.8, 4) is 0 Å². The fraction of sp³-hybridized carbons (Fsp3) is 0.167. The number of benzene rings is 1. The maximum absolute atomic E-state index is 6.12. The molecule has 0 aliphatic carbocycles. The molecule has 2 N–H and O–H groups in total. The normalized spacial score (nSPS) is 10.4. The number of nitrogens with two attached hydrogens (primary N) is 1. The lowest BCUT2D eigenvalue weighted by molar-refractivity contribution is 0.563. The molecule has 0 aliphatic rings. The molecule has 16 heavy (non-hydrogen) atoms. The minimum Gasteiger partial charge on any atom is -0.472 e. The molecule has 4 heteroatoms. The van der Waals surface area contributed by atoms with Crippen molar-refractivity contribution in [2.75, 3.05) is 17.7 Å². The van der Waals surface area contributed by atoms with Crippen LogP contribution in [0.1, 0.15) is 5.56 Å². The third kappa shape index (κ3) is 2.14. The van der Waals surface area contributed by atoms with Crippen LogP contribution < -0.4 is 10.6 Å². The summed E-state index contributed by atoms with van der Waals surface area (Å²) in [6.07, 6.45) is 3.36. The van der Waals surface area contributed by atoms with Crippen molar-refractivity contribution in [1.29, 1.82) is 0 Å². The van der Waals surface area contributed by atoms with Crippen LogP contribution in [0.25, 0.3) is 0 Å². The Morgan fingerprint density at radius 3 is 2.81 bits per heavy atom. The van der Waals surface area contributed by atoms with E-state index in [1.54, 1.807) is 12.5 Å². The highest BCUT2D eigenvalue weighted by atomic mass is 35.5. The quantitative estimate of drug-likeness (QED) is 0.833. The SMILES string of the molecule is CN(Cc1ccoc1)c1c(N)cccc1Cl. The Balaban J connectivity index is 2.24. The lowest BCUT2D eigenvalue weighted by atomic mass is 10.2.